The lowest BCUT2D eigenvalue weighted by Gasteiger charge is -2.11. The van der Waals surface area contributed by atoms with Crippen LogP contribution in [-0.2, 0) is 0 Å². The largest absolute Gasteiger partial charge is 0.485 e. The standard InChI is InChI=1S/C21H20N2O3/c1-14-12-18(15(2)22-14)19(24)13-26-20-11-7-6-10-17(20)21(25)23-16-8-4-3-5-9-16/h3-12,22H,13H2,1-2H3,(H,23,25). The second-order valence-electron chi connectivity index (χ2n) is 6.02. The van der Waals surface area contributed by atoms with Gasteiger partial charge < -0.3 is 15.0 Å². The molecule has 0 spiro atoms. The zero-order valence-electron chi connectivity index (χ0n) is 14.7. The lowest BCUT2D eigenvalue weighted by atomic mass is 10.1. The maximum Gasteiger partial charge on any atom is 0.259 e. The molecule has 1 heterocycles. The van der Waals surface area contributed by atoms with Crippen LogP contribution < -0.4 is 10.1 Å². The summed E-state index contributed by atoms with van der Waals surface area (Å²) >= 11 is 0. The lowest BCUT2D eigenvalue weighted by Crippen LogP contribution is -2.16. The Labute approximate surface area is 152 Å². The van der Waals surface area contributed by atoms with Crippen LogP contribution in [0, 0.1) is 13.8 Å². The number of hydrogen-bond acceptors (Lipinski definition) is 3. The SMILES string of the molecule is Cc1cc(C(=O)COc2ccccc2C(=O)Nc2ccccc2)c(C)[nH]1. The van der Waals surface area contributed by atoms with Crippen LogP contribution in [0.2, 0.25) is 0 Å². The van der Waals surface area contributed by atoms with Gasteiger partial charge in [-0.05, 0) is 44.2 Å². The van der Waals surface area contributed by atoms with Crippen molar-refractivity contribution in [3.05, 3.63) is 83.2 Å². The quantitative estimate of drug-likeness (QED) is 0.658. The van der Waals surface area contributed by atoms with E-state index < -0.39 is 0 Å². The van der Waals surface area contributed by atoms with Gasteiger partial charge in [-0.2, -0.15) is 0 Å². The Hall–Kier alpha value is -3.34. The highest BCUT2D eigenvalue weighted by molar-refractivity contribution is 6.06. The van der Waals surface area contributed by atoms with E-state index in [0.717, 1.165) is 11.4 Å². The summed E-state index contributed by atoms with van der Waals surface area (Å²) in [4.78, 5) is 28.0. The summed E-state index contributed by atoms with van der Waals surface area (Å²) in [7, 11) is 0. The number of amides is 1. The van der Waals surface area contributed by atoms with Crippen LogP contribution in [0.15, 0.2) is 60.7 Å². The topological polar surface area (TPSA) is 71.2 Å². The molecule has 2 N–H and O–H groups in total. The number of H-pyrrole nitrogens is 1. The molecule has 0 bridgehead atoms. The van der Waals surface area contributed by atoms with Crippen molar-refractivity contribution in [1.82, 2.24) is 4.98 Å². The molecule has 5 nitrogen and oxygen atoms in total. The van der Waals surface area contributed by atoms with E-state index >= 15 is 0 Å². The van der Waals surface area contributed by atoms with Gasteiger partial charge in [0.1, 0.15) is 5.75 Å². The summed E-state index contributed by atoms with van der Waals surface area (Å²) in [5, 5.41) is 2.82. The fourth-order valence-corrected chi connectivity index (χ4v) is 2.73. The van der Waals surface area contributed by atoms with Crippen molar-refractivity contribution in [3.8, 4) is 5.75 Å². The maximum absolute atomic E-state index is 12.5. The Balaban J connectivity index is 1.72. The number of ketones is 1. The fourth-order valence-electron chi connectivity index (χ4n) is 2.73. The minimum absolute atomic E-state index is 0.131. The van der Waals surface area contributed by atoms with Gasteiger partial charge in [-0.25, -0.2) is 0 Å². The Morgan fingerprint density at radius 3 is 2.35 bits per heavy atom. The van der Waals surface area contributed by atoms with Gasteiger partial charge in [0.05, 0.1) is 5.56 Å². The lowest BCUT2D eigenvalue weighted by molar-refractivity contribution is 0.0913. The number of ether oxygens (including phenoxy) is 1. The number of Topliss-reactive ketones (excluding diaryl/α,β-unsaturated/α-hetero) is 1. The monoisotopic (exact) mass is 348 g/mol. The van der Waals surface area contributed by atoms with Gasteiger partial charge in [0.2, 0.25) is 5.78 Å². The van der Waals surface area contributed by atoms with Gasteiger partial charge in [-0.1, -0.05) is 30.3 Å². The number of aromatic nitrogens is 1. The molecular weight excluding hydrogens is 328 g/mol. The van der Waals surface area contributed by atoms with Gasteiger partial charge in [0, 0.05) is 22.6 Å². The molecule has 1 amide bonds. The van der Waals surface area contributed by atoms with E-state index in [1.54, 1.807) is 30.3 Å². The third-order valence-corrected chi connectivity index (χ3v) is 3.97. The van der Waals surface area contributed by atoms with E-state index in [1.807, 2.05) is 44.2 Å². The van der Waals surface area contributed by atoms with Crippen LogP contribution >= 0.6 is 0 Å². The first-order valence-corrected chi connectivity index (χ1v) is 8.32. The zero-order chi connectivity index (χ0) is 18.5. The van der Waals surface area contributed by atoms with Crippen molar-refractivity contribution < 1.29 is 14.3 Å². The molecule has 0 unspecified atom stereocenters. The normalized spacial score (nSPS) is 10.4. The maximum atomic E-state index is 12.5. The number of carbonyl (C=O) groups is 2. The van der Waals surface area contributed by atoms with Gasteiger partial charge in [0.15, 0.2) is 6.61 Å². The smallest absolute Gasteiger partial charge is 0.259 e. The van der Waals surface area contributed by atoms with Crippen LogP contribution in [0.1, 0.15) is 32.1 Å². The Morgan fingerprint density at radius 1 is 0.962 bits per heavy atom. The molecule has 0 saturated heterocycles. The summed E-state index contributed by atoms with van der Waals surface area (Å²) in [5.41, 5.74) is 3.42. The molecule has 0 radical (unpaired) electrons. The predicted molar refractivity (Wildman–Crippen MR) is 101 cm³/mol. The minimum Gasteiger partial charge on any atom is -0.485 e. The summed E-state index contributed by atoms with van der Waals surface area (Å²) in [5.74, 6) is -0.0442. The van der Waals surface area contributed by atoms with Gasteiger partial charge in [0.25, 0.3) is 5.91 Å². The van der Waals surface area contributed by atoms with Crippen LogP contribution in [-0.4, -0.2) is 23.3 Å². The summed E-state index contributed by atoms with van der Waals surface area (Å²) in [6, 6.07) is 17.9. The van der Waals surface area contributed by atoms with Crippen LogP contribution in [0.3, 0.4) is 0 Å². The van der Waals surface area contributed by atoms with Crippen molar-refractivity contribution in [2.24, 2.45) is 0 Å². The molecule has 132 valence electrons. The number of nitrogens with one attached hydrogen (secondary N) is 2. The summed E-state index contributed by atoms with van der Waals surface area (Å²) < 4.78 is 5.65. The van der Waals surface area contributed by atoms with Crippen LogP contribution in [0.5, 0.6) is 5.75 Å². The molecule has 1 aromatic heterocycles. The number of anilines is 1. The van der Waals surface area contributed by atoms with Crippen LogP contribution in [0.4, 0.5) is 5.69 Å². The average Bonchev–Trinajstić information content (AvgIpc) is 2.99. The van der Waals surface area contributed by atoms with E-state index in [0.29, 0.717) is 22.6 Å². The number of para-hydroxylation sites is 2. The van der Waals surface area contributed by atoms with Gasteiger partial charge in [-0.15, -0.1) is 0 Å². The summed E-state index contributed by atoms with van der Waals surface area (Å²) in [6.07, 6.45) is 0. The molecule has 3 aromatic rings. The van der Waals surface area contributed by atoms with Crippen molar-refractivity contribution in [1.29, 1.82) is 0 Å². The number of rotatable bonds is 6. The molecule has 0 aliphatic heterocycles. The molecule has 0 fully saturated rings. The van der Waals surface area contributed by atoms with Crippen LogP contribution in [0.25, 0.3) is 0 Å². The predicted octanol–water partition coefficient (Wildman–Crippen LogP) is 4.15. The second kappa shape index (κ2) is 7.70. The summed E-state index contributed by atoms with van der Waals surface area (Å²) in [6.45, 7) is 3.61. The fraction of sp³-hybridized carbons (Fsp3) is 0.143. The van der Waals surface area contributed by atoms with E-state index in [1.165, 1.54) is 0 Å². The second-order valence-corrected chi connectivity index (χ2v) is 6.02. The zero-order valence-corrected chi connectivity index (χ0v) is 14.7. The van der Waals surface area contributed by atoms with E-state index in [4.69, 9.17) is 4.74 Å². The van der Waals surface area contributed by atoms with Crippen molar-refractivity contribution in [3.63, 3.8) is 0 Å². The minimum atomic E-state index is -0.284. The first-order valence-electron chi connectivity index (χ1n) is 8.32. The molecule has 0 saturated carbocycles. The molecule has 2 aromatic carbocycles. The van der Waals surface area contributed by atoms with Crippen molar-refractivity contribution in [2.75, 3.05) is 11.9 Å². The number of hydrogen-bond donors (Lipinski definition) is 2. The molecule has 0 atom stereocenters. The number of carbonyl (C=O) groups excluding carboxylic acids is 2. The molecule has 0 aliphatic rings. The van der Waals surface area contributed by atoms with Crippen molar-refractivity contribution >= 4 is 17.4 Å². The Morgan fingerprint density at radius 2 is 1.65 bits per heavy atom. The third-order valence-electron chi connectivity index (χ3n) is 3.97. The van der Waals surface area contributed by atoms with Crippen molar-refractivity contribution in [2.45, 2.75) is 13.8 Å². The third kappa shape index (κ3) is 4.00. The first kappa shape index (κ1) is 17.5. The Kier molecular flexibility index (Phi) is 5.17. The van der Waals surface area contributed by atoms with E-state index in [2.05, 4.69) is 10.3 Å². The Bertz CT molecular complexity index is 929. The highest BCUT2D eigenvalue weighted by atomic mass is 16.5. The van der Waals surface area contributed by atoms with Gasteiger partial charge >= 0.3 is 0 Å². The molecule has 3 rings (SSSR count). The first-order chi connectivity index (χ1) is 12.5. The average molecular weight is 348 g/mol. The molecule has 0 aliphatic carbocycles. The van der Waals surface area contributed by atoms with Gasteiger partial charge in [-0.3, -0.25) is 9.59 Å². The van der Waals surface area contributed by atoms with E-state index in [-0.39, 0.29) is 18.3 Å². The number of benzene rings is 2. The number of aryl methyl sites for hydroxylation is 2. The highest BCUT2D eigenvalue weighted by Crippen LogP contribution is 2.20. The van der Waals surface area contributed by atoms with E-state index in [9.17, 15) is 9.59 Å². The molecule has 26 heavy (non-hydrogen) atoms. The molecular formula is C21H20N2O3. The molecule has 5 heteroatoms. The number of aromatic amines is 1. The highest BCUT2D eigenvalue weighted by Gasteiger charge is 2.16.